The van der Waals surface area contributed by atoms with Crippen LogP contribution >= 0.6 is 0 Å². The van der Waals surface area contributed by atoms with Crippen molar-refractivity contribution in [2.45, 2.75) is 20.0 Å². The molecule has 0 saturated heterocycles. The average Bonchev–Trinajstić information content (AvgIpc) is 2.25. The second-order valence-electron chi connectivity index (χ2n) is 3.45. The molecule has 0 heterocycles. The third-order valence-corrected chi connectivity index (χ3v) is 2.02. The number of esters is 1. The van der Waals surface area contributed by atoms with Crippen molar-refractivity contribution < 1.29 is 14.3 Å². The normalized spacial score (nSPS) is 11.6. The van der Waals surface area contributed by atoms with E-state index in [0.717, 1.165) is 5.56 Å². The van der Waals surface area contributed by atoms with Crippen molar-refractivity contribution >= 4 is 11.9 Å². The highest BCUT2D eigenvalue weighted by Crippen LogP contribution is 2.16. The first-order valence-electron chi connectivity index (χ1n) is 5.06. The molecule has 0 saturated carbocycles. The molecule has 86 valence electrons. The van der Waals surface area contributed by atoms with Gasteiger partial charge in [-0.15, -0.1) is 0 Å². The van der Waals surface area contributed by atoms with E-state index in [4.69, 9.17) is 4.74 Å². The van der Waals surface area contributed by atoms with Gasteiger partial charge in [0, 0.05) is 13.8 Å². The number of hydrogen-bond acceptors (Lipinski definition) is 3. The fourth-order valence-corrected chi connectivity index (χ4v) is 1.33. The van der Waals surface area contributed by atoms with Crippen LogP contribution in [-0.4, -0.2) is 18.4 Å². The standard InChI is InChI=1S/C12H15NO3/c1-9(14)13-8-12(16-10(2)15)11-6-4-3-5-7-11/h3-7,12H,8H2,1-2H3,(H,13,14). The van der Waals surface area contributed by atoms with Crippen LogP contribution in [0.15, 0.2) is 30.3 Å². The van der Waals surface area contributed by atoms with E-state index >= 15 is 0 Å². The van der Waals surface area contributed by atoms with Crippen LogP contribution < -0.4 is 5.32 Å². The quantitative estimate of drug-likeness (QED) is 0.782. The van der Waals surface area contributed by atoms with Crippen molar-refractivity contribution in [3.8, 4) is 0 Å². The summed E-state index contributed by atoms with van der Waals surface area (Å²) in [5.41, 5.74) is 0.867. The SMILES string of the molecule is CC(=O)NCC(OC(C)=O)c1ccccc1. The fourth-order valence-electron chi connectivity index (χ4n) is 1.33. The number of amides is 1. The Morgan fingerprint density at radius 2 is 1.88 bits per heavy atom. The molecule has 4 heteroatoms. The number of carbonyl (C=O) groups excluding carboxylic acids is 2. The van der Waals surface area contributed by atoms with E-state index in [1.54, 1.807) is 0 Å². The highest BCUT2D eigenvalue weighted by Gasteiger charge is 2.14. The summed E-state index contributed by atoms with van der Waals surface area (Å²) in [6.45, 7) is 3.07. The number of rotatable bonds is 4. The van der Waals surface area contributed by atoms with Gasteiger partial charge < -0.3 is 10.1 Å². The van der Waals surface area contributed by atoms with Crippen molar-refractivity contribution in [2.75, 3.05) is 6.54 Å². The number of nitrogens with one attached hydrogen (secondary N) is 1. The summed E-state index contributed by atoms with van der Waals surface area (Å²) < 4.78 is 5.13. The summed E-state index contributed by atoms with van der Waals surface area (Å²) >= 11 is 0. The van der Waals surface area contributed by atoms with Crippen molar-refractivity contribution in [2.24, 2.45) is 0 Å². The van der Waals surface area contributed by atoms with E-state index in [-0.39, 0.29) is 11.9 Å². The van der Waals surface area contributed by atoms with Crippen molar-refractivity contribution in [3.05, 3.63) is 35.9 Å². The van der Waals surface area contributed by atoms with E-state index in [1.807, 2.05) is 30.3 Å². The predicted octanol–water partition coefficient (Wildman–Crippen LogP) is 1.43. The maximum Gasteiger partial charge on any atom is 0.303 e. The van der Waals surface area contributed by atoms with Gasteiger partial charge in [-0.05, 0) is 5.56 Å². The highest BCUT2D eigenvalue weighted by atomic mass is 16.5. The summed E-state index contributed by atoms with van der Waals surface area (Å²) in [6, 6.07) is 9.32. The van der Waals surface area contributed by atoms with Crippen LogP contribution in [0.3, 0.4) is 0 Å². The molecule has 1 atom stereocenters. The van der Waals surface area contributed by atoms with Gasteiger partial charge >= 0.3 is 5.97 Å². The number of hydrogen-bond donors (Lipinski definition) is 1. The molecule has 0 aliphatic heterocycles. The van der Waals surface area contributed by atoms with Gasteiger partial charge in [0.15, 0.2) is 0 Å². The third kappa shape index (κ3) is 4.13. The first kappa shape index (κ1) is 12.2. The van der Waals surface area contributed by atoms with Gasteiger partial charge in [0.1, 0.15) is 6.10 Å². The Balaban J connectivity index is 2.71. The van der Waals surface area contributed by atoms with Crippen LogP contribution in [0.2, 0.25) is 0 Å². The largest absolute Gasteiger partial charge is 0.456 e. The molecule has 0 fully saturated rings. The van der Waals surface area contributed by atoms with Crippen LogP contribution in [0.25, 0.3) is 0 Å². The van der Waals surface area contributed by atoms with E-state index in [2.05, 4.69) is 5.32 Å². The van der Waals surface area contributed by atoms with Crippen molar-refractivity contribution in [1.29, 1.82) is 0 Å². The van der Waals surface area contributed by atoms with Crippen LogP contribution in [0.4, 0.5) is 0 Å². The molecular weight excluding hydrogens is 206 g/mol. The van der Waals surface area contributed by atoms with E-state index < -0.39 is 6.10 Å². The van der Waals surface area contributed by atoms with E-state index in [1.165, 1.54) is 13.8 Å². The van der Waals surface area contributed by atoms with E-state index in [0.29, 0.717) is 6.54 Å². The molecule has 1 rings (SSSR count). The zero-order valence-electron chi connectivity index (χ0n) is 9.40. The van der Waals surface area contributed by atoms with Crippen LogP contribution in [0.5, 0.6) is 0 Å². The zero-order valence-corrected chi connectivity index (χ0v) is 9.40. The molecule has 1 aromatic carbocycles. The first-order chi connectivity index (χ1) is 7.59. The maximum absolute atomic E-state index is 10.9. The summed E-state index contributed by atoms with van der Waals surface area (Å²) in [7, 11) is 0. The fraction of sp³-hybridized carbons (Fsp3) is 0.333. The molecule has 16 heavy (non-hydrogen) atoms. The van der Waals surface area contributed by atoms with Gasteiger partial charge in [0.05, 0.1) is 6.54 Å². The molecule has 0 spiro atoms. The highest BCUT2D eigenvalue weighted by molar-refractivity contribution is 5.73. The second-order valence-corrected chi connectivity index (χ2v) is 3.45. The molecular formula is C12H15NO3. The number of carbonyl (C=O) groups is 2. The van der Waals surface area contributed by atoms with Crippen LogP contribution in [0, 0.1) is 0 Å². The van der Waals surface area contributed by atoms with Crippen LogP contribution in [-0.2, 0) is 14.3 Å². The van der Waals surface area contributed by atoms with Gasteiger partial charge in [-0.3, -0.25) is 9.59 Å². The minimum Gasteiger partial charge on any atom is -0.456 e. The third-order valence-electron chi connectivity index (χ3n) is 2.02. The molecule has 0 aliphatic carbocycles. The molecule has 0 bridgehead atoms. The molecule has 1 unspecified atom stereocenters. The van der Waals surface area contributed by atoms with Gasteiger partial charge in [-0.25, -0.2) is 0 Å². The Bertz CT molecular complexity index is 362. The smallest absolute Gasteiger partial charge is 0.303 e. The van der Waals surface area contributed by atoms with Gasteiger partial charge in [0.25, 0.3) is 0 Å². The molecule has 1 N–H and O–H groups in total. The first-order valence-corrected chi connectivity index (χ1v) is 5.06. The summed E-state index contributed by atoms with van der Waals surface area (Å²) in [6.07, 6.45) is -0.428. The minimum atomic E-state index is -0.428. The topological polar surface area (TPSA) is 55.4 Å². The predicted molar refractivity (Wildman–Crippen MR) is 59.6 cm³/mol. The van der Waals surface area contributed by atoms with Crippen molar-refractivity contribution in [1.82, 2.24) is 5.32 Å². The monoisotopic (exact) mass is 221 g/mol. The molecule has 0 aromatic heterocycles. The van der Waals surface area contributed by atoms with E-state index in [9.17, 15) is 9.59 Å². The summed E-state index contributed by atoms with van der Waals surface area (Å²) in [4.78, 5) is 21.8. The Hall–Kier alpha value is -1.84. The Labute approximate surface area is 94.6 Å². The maximum atomic E-state index is 10.9. The lowest BCUT2D eigenvalue weighted by atomic mass is 10.1. The molecule has 0 radical (unpaired) electrons. The Kier molecular flexibility index (Phi) is 4.51. The number of ether oxygens (including phenoxy) is 1. The second kappa shape index (κ2) is 5.90. The summed E-state index contributed by atoms with van der Waals surface area (Å²) in [5, 5.41) is 2.63. The van der Waals surface area contributed by atoms with Crippen molar-refractivity contribution in [3.63, 3.8) is 0 Å². The Morgan fingerprint density at radius 3 is 2.38 bits per heavy atom. The summed E-state index contributed by atoms with van der Waals surface area (Å²) in [5.74, 6) is -0.507. The molecule has 0 aliphatic rings. The number of benzene rings is 1. The lowest BCUT2D eigenvalue weighted by Crippen LogP contribution is -2.28. The van der Waals surface area contributed by atoms with Crippen LogP contribution in [0.1, 0.15) is 25.5 Å². The van der Waals surface area contributed by atoms with Gasteiger partial charge in [0.2, 0.25) is 5.91 Å². The molecule has 4 nitrogen and oxygen atoms in total. The lowest BCUT2D eigenvalue weighted by molar-refractivity contribution is -0.147. The lowest BCUT2D eigenvalue weighted by Gasteiger charge is -2.17. The van der Waals surface area contributed by atoms with Gasteiger partial charge in [-0.2, -0.15) is 0 Å². The zero-order chi connectivity index (χ0) is 12.0. The average molecular weight is 221 g/mol. The van der Waals surface area contributed by atoms with Gasteiger partial charge in [-0.1, -0.05) is 30.3 Å². The Morgan fingerprint density at radius 1 is 1.25 bits per heavy atom. The molecule has 1 aromatic rings. The molecule has 1 amide bonds. The minimum absolute atomic E-state index is 0.145.